The standard InChI is InChI=1S/C17H16N2O3/c1-22-14(11-13-7-3-2-4-8-13)12-18-19-17(21)15-9-5-6-10-16(15)20/h2-12,20H,1H3,(H,19,21)/b14-11-,18-12+. The Morgan fingerprint density at radius 2 is 1.82 bits per heavy atom. The molecule has 0 saturated heterocycles. The summed E-state index contributed by atoms with van der Waals surface area (Å²) in [6, 6.07) is 15.8. The maximum absolute atomic E-state index is 11.8. The third-order valence-electron chi connectivity index (χ3n) is 2.85. The number of phenolic OH excluding ortho intramolecular Hbond substituents is 1. The first-order chi connectivity index (χ1) is 10.7. The van der Waals surface area contributed by atoms with Gasteiger partial charge >= 0.3 is 0 Å². The van der Waals surface area contributed by atoms with Crippen LogP contribution in [0.3, 0.4) is 0 Å². The van der Waals surface area contributed by atoms with Crippen molar-refractivity contribution in [1.29, 1.82) is 0 Å². The zero-order chi connectivity index (χ0) is 15.8. The van der Waals surface area contributed by atoms with Crippen LogP contribution in [0.25, 0.3) is 6.08 Å². The molecule has 0 aliphatic rings. The normalized spacial score (nSPS) is 11.4. The molecule has 0 bridgehead atoms. The first-order valence-corrected chi connectivity index (χ1v) is 6.63. The van der Waals surface area contributed by atoms with E-state index in [-0.39, 0.29) is 11.3 Å². The van der Waals surface area contributed by atoms with E-state index in [4.69, 9.17) is 4.74 Å². The van der Waals surface area contributed by atoms with Crippen molar-refractivity contribution >= 4 is 18.2 Å². The second-order valence-corrected chi connectivity index (χ2v) is 4.38. The molecule has 22 heavy (non-hydrogen) atoms. The lowest BCUT2D eigenvalue weighted by molar-refractivity contribution is 0.0952. The van der Waals surface area contributed by atoms with E-state index in [1.807, 2.05) is 30.3 Å². The number of methoxy groups -OCH3 is 1. The molecule has 0 unspecified atom stereocenters. The Morgan fingerprint density at radius 3 is 2.50 bits per heavy atom. The molecule has 112 valence electrons. The van der Waals surface area contributed by atoms with Crippen molar-refractivity contribution in [2.24, 2.45) is 5.10 Å². The fourth-order valence-electron chi connectivity index (χ4n) is 1.74. The van der Waals surface area contributed by atoms with Gasteiger partial charge in [0.25, 0.3) is 5.91 Å². The van der Waals surface area contributed by atoms with Gasteiger partial charge in [0.2, 0.25) is 0 Å². The van der Waals surface area contributed by atoms with E-state index in [0.717, 1.165) is 5.56 Å². The van der Waals surface area contributed by atoms with Crippen LogP contribution in [0.1, 0.15) is 15.9 Å². The van der Waals surface area contributed by atoms with Gasteiger partial charge in [-0.2, -0.15) is 5.10 Å². The van der Waals surface area contributed by atoms with Gasteiger partial charge in [0.15, 0.2) is 0 Å². The molecule has 2 rings (SSSR count). The van der Waals surface area contributed by atoms with Gasteiger partial charge in [0.1, 0.15) is 11.5 Å². The number of allylic oxidation sites excluding steroid dienone is 1. The van der Waals surface area contributed by atoms with Gasteiger partial charge in [0, 0.05) is 0 Å². The zero-order valence-electron chi connectivity index (χ0n) is 12.1. The van der Waals surface area contributed by atoms with Crippen LogP contribution in [-0.2, 0) is 4.74 Å². The van der Waals surface area contributed by atoms with E-state index in [1.165, 1.54) is 25.5 Å². The lowest BCUT2D eigenvalue weighted by atomic mass is 10.2. The summed E-state index contributed by atoms with van der Waals surface area (Å²) in [5.41, 5.74) is 3.45. The Labute approximate surface area is 128 Å². The minimum Gasteiger partial charge on any atom is -0.507 e. The van der Waals surface area contributed by atoms with Gasteiger partial charge in [-0.15, -0.1) is 0 Å². The highest BCUT2D eigenvalue weighted by Gasteiger charge is 2.08. The monoisotopic (exact) mass is 296 g/mol. The average molecular weight is 296 g/mol. The third kappa shape index (κ3) is 4.21. The molecule has 0 fully saturated rings. The van der Waals surface area contributed by atoms with Crippen molar-refractivity contribution in [1.82, 2.24) is 5.43 Å². The molecule has 0 aliphatic carbocycles. The Hall–Kier alpha value is -3.08. The Bertz CT molecular complexity index is 694. The molecule has 0 heterocycles. The number of nitrogens with zero attached hydrogens (tertiary/aromatic N) is 1. The number of carbonyl (C=O) groups excluding carboxylic acids is 1. The van der Waals surface area contributed by atoms with E-state index in [1.54, 1.807) is 18.2 Å². The molecular weight excluding hydrogens is 280 g/mol. The smallest absolute Gasteiger partial charge is 0.275 e. The average Bonchev–Trinajstić information content (AvgIpc) is 2.55. The molecule has 5 heteroatoms. The van der Waals surface area contributed by atoms with Gasteiger partial charge in [-0.3, -0.25) is 4.79 Å². The van der Waals surface area contributed by atoms with E-state index < -0.39 is 5.91 Å². The second-order valence-electron chi connectivity index (χ2n) is 4.38. The van der Waals surface area contributed by atoms with Gasteiger partial charge < -0.3 is 9.84 Å². The van der Waals surface area contributed by atoms with Crippen molar-refractivity contribution in [2.75, 3.05) is 7.11 Å². The summed E-state index contributed by atoms with van der Waals surface area (Å²) in [6.07, 6.45) is 3.18. The van der Waals surface area contributed by atoms with Crippen molar-refractivity contribution in [3.05, 3.63) is 71.5 Å². The van der Waals surface area contributed by atoms with Crippen LogP contribution >= 0.6 is 0 Å². The highest BCUT2D eigenvalue weighted by Crippen LogP contribution is 2.14. The second kappa shape index (κ2) is 7.64. The molecular formula is C17H16N2O3. The zero-order valence-corrected chi connectivity index (χ0v) is 12.1. The third-order valence-corrected chi connectivity index (χ3v) is 2.85. The number of hydrogen-bond donors (Lipinski definition) is 2. The van der Waals surface area contributed by atoms with Crippen molar-refractivity contribution in [3.63, 3.8) is 0 Å². The van der Waals surface area contributed by atoms with Crippen LogP contribution in [0.15, 0.2) is 65.5 Å². The fraction of sp³-hybridized carbons (Fsp3) is 0.0588. The number of para-hydroxylation sites is 1. The number of ether oxygens (including phenoxy) is 1. The van der Waals surface area contributed by atoms with E-state index >= 15 is 0 Å². The van der Waals surface area contributed by atoms with Crippen LogP contribution < -0.4 is 5.43 Å². The molecule has 0 saturated carbocycles. The molecule has 0 radical (unpaired) electrons. The number of phenols is 1. The molecule has 0 atom stereocenters. The van der Waals surface area contributed by atoms with Crippen LogP contribution in [0, 0.1) is 0 Å². The van der Waals surface area contributed by atoms with Crippen molar-refractivity contribution in [3.8, 4) is 5.75 Å². The Kier molecular flexibility index (Phi) is 5.31. The number of hydrogen-bond acceptors (Lipinski definition) is 4. The van der Waals surface area contributed by atoms with Crippen molar-refractivity contribution in [2.45, 2.75) is 0 Å². The van der Waals surface area contributed by atoms with Crippen LogP contribution in [0.5, 0.6) is 5.75 Å². The lowest BCUT2D eigenvalue weighted by Crippen LogP contribution is -2.17. The van der Waals surface area contributed by atoms with Gasteiger partial charge in [-0.05, 0) is 23.8 Å². The largest absolute Gasteiger partial charge is 0.507 e. The molecule has 5 nitrogen and oxygen atoms in total. The highest BCUT2D eigenvalue weighted by atomic mass is 16.5. The molecule has 0 aliphatic heterocycles. The maximum Gasteiger partial charge on any atom is 0.275 e. The van der Waals surface area contributed by atoms with E-state index in [2.05, 4.69) is 10.5 Å². The number of nitrogens with one attached hydrogen (secondary N) is 1. The summed E-state index contributed by atoms with van der Waals surface area (Å²) in [6.45, 7) is 0. The first kappa shape index (κ1) is 15.3. The highest BCUT2D eigenvalue weighted by molar-refractivity contribution is 5.97. The Balaban J connectivity index is 2.03. The van der Waals surface area contributed by atoms with Crippen LogP contribution in [0.2, 0.25) is 0 Å². The molecule has 2 aromatic rings. The lowest BCUT2D eigenvalue weighted by Gasteiger charge is -2.03. The quantitative estimate of drug-likeness (QED) is 0.506. The number of amides is 1. The van der Waals surface area contributed by atoms with E-state index in [9.17, 15) is 9.90 Å². The van der Waals surface area contributed by atoms with Crippen molar-refractivity contribution < 1.29 is 14.6 Å². The summed E-state index contributed by atoms with van der Waals surface area (Å²) >= 11 is 0. The number of aromatic hydroxyl groups is 1. The molecule has 2 N–H and O–H groups in total. The van der Waals surface area contributed by atoms with Gasteiger partial charge in [-0.1, -0.05) is 42.5 Å². The number of carbonyl (C=O) groups is 1. The number of hydrazone groups is 1. The van der Waals surface area contributed by atoms with Crippen LogP contribution in [-0.4, -0.2) is 24.3 Å². The predicted molar refractivity (Wildman–Crippen MR) is 85.5 cm³/mol. The maximum atomic E-state index is 11.8. The summed E-state index contributed by atoms with van der Waals surface area (Å²) in [7, 11) is 1.52. The SMILES string of the molecule is COC(=C\c1ccccc1)/C=N/NC(=O)c1ccccc1O. The Morgan fingerprint density at radius 1 is 1.14 bits per heavy atom. The van der Waals surface area contributed by atoms with E-state index in [0.29, 0.717) is 5.76 Å². The molecule has 0 aromatic heterocycles. The minimum atomic E-state index is -0.496. The topological polar surface area (TPSA) is 70.9 Å². The summed E-state index contributed by atoms with van der Waals surface area (Å²) in [5.74, 6) is -0.102. The molecule has 0 spiro atoms. The van der Waals surface area contributed by atoms with Gasteiger partial charge in [-0.25, -0.2) is 5.43 Å². The summed E-state index contributed by atoms with van der Waals surface area (Å²) < 4.78 is 5.18. The molecule has 2 aromatic carbocycles. The first-order valence-electron chi connectivity index (χ1n) is 6.63. The van der Waals surface area contributed by atoms with Crippen LogP contribution in [0.4, 0.5) is 0 Å². The molecule has 1 amide bonds. The summed E-state index contributed by atoms with van der Waals surface area (Å²) in [5, 5.41) is 13.4. The predicted octanol–water partition coefficient (Wildman–Crippen LogP) is 2.80. The number of benzene rings is 2. The number of rotatable bonds is 5. The van der Waals surface area contributed by atoms with Gasteiger partial charge in [0.05, 0.1) is 18.9 Å². The fourth-order valence-corrected chi connectivity index (χ4v) is 1.74. The minimum absolute atomic E-state index is 0.0954. The summed E-state index contributed by atoms with van der Waals surface area (Å²) in [4.78, 5) is 11.8.